The minimum Gasteiger partial charge on any atom is -0.462 e. The summed E-state index contributed by atoms with van der Waals surface area (Å²) in [5.41, 5.74) is 2.17. The molecule has 1 aromatic carbocycles. The first kappa shape index (κ1) is 18.7. The molecule has 0 aliphatic carbocycles. The molecule has 6 nitrogen and oxygen atoms in total. The van der Waals surface area contributed by atoms with E-state index < -0.39 is 0 Å². The maximum absolute atomic E-state index is 12.3. The summed E-state index contributed by atoms with van der Waals surface area (Å²) in [6.45, 7) is 5.73. The SMILES string of the molecule is CCOC(=O)c1sc(NC(=O)c2ccc(CNC(C)=O)cc2)cc1C. The Morgan fingerprint density at radius 2 is 1.84 bits per heavy atom. The van der Waals surface area contributed by atoms with Crippen LogP contribution in [0, 0.1) is 6.92 Å². The monoisotopic (exact) mass is 360 g/mol. The summed E-state index contributed by atoms with van der Waals surface area (Å²) in [6, 6.07) is 8.71. The lowest BCUT2D eigenvalue weighted by Crippen LogP contribution is -2.19. The van der Waals surface area contributed by atoms with Crippen molar-refractivity contribution in [3.63, 3.8) is 0 Å². The predicted molar refractivity (Wildman–Crippen MR) is 96.9 cm³/mol. The number of anilines is 1. The molecule has 132 valence electrons. The van der Waals surface area contributed by atoms with E-state index in [9.17, 15) is 14.4 Å². The highest BCUT2D eigenvalue weighted by molar-refractivity contribution is 7.18. The highest BCUT2D eigenvalue weighted by Gasteiger charge is 2.16. The number of carbonyl (C=O) groups is 3. The maximum atomic E-state index is 12.3. The Morgan fingerprint density at radius 3 is 2.44 bits per heavy atom. The number of amides is 2. The van der Waals surface area contributed by atoms with E-state index in [4.69, 9.17) is 4.74 Å². The van der Waals surface area contributed by atoms with E-state index in [1.54, 1.807) is 44.2 Å². The van der Waals surface area contributed by atoms with Gasteiger partial charge in [0.25, 0.3) is 5.91 Å². The Morgan fingerprint density at radius 1 is 1.16 bits per heavy atom. The van der Waals surface area contributed by atoms with Crippen LogP contribution in [0.4, 0.5) is 5.00 Å². The van der Waals surface area contributed by atoms with Crippen molar-refractivity contribution < 1.29 is 19.1 Å². The number of carbonyl (C=O) groups excluding carboxylic acids is 3. The number of aryl methyl sites for hydroxylation is 1. The number of rotatable bonds is 6. The van der Waals surface area contributed by atoms with Crippen molar-refractivity contribution in [1.29, 1.82) is 0 Å². The van der Waals surface area contributed by atoms with Gasteiger partial charge in [-0.2, -0.15) is 0 Å². The first-order valence-corrected chi connectivity index (χ1v) is 8.64. The van der Waals surface area contributed by atoms with Crippen LogP contribution < -0.4 is 10.6 Å². The lowest BCUT2D eigenvalue weighted by molar-refractivity contribution is -0.119. The van der Waals surface area contributed by atoms with Crippen LogP contribution in [-0.4, -0.2) is 24.4 Å². The van der Waals surface area contributed by atoms with E-state index in [0.717, 1.165) is 11.1 Å². The van der Waals surface area contributed by atoms with Crippen LogP contribution in [0.15, 0.2) is 30.3 Å². The maximum Gasteiger partial charge on any atom is 0.348 e. The Hall–Kier alpha value is -2.67. The zero-order chi connectivity index (χ0) is 18.4. The summed E-state index contributed by atoms with van der Waals surface area (Å²) in [5.74, 6) is -0.747. The molecular formula is C18H20N2O4S. The second-order valence-corrected chi connectivity index (χ2v) is 6.46. The van der Waals surface area contributed by atoms with Gasteiger partial charge in [-0.3, -0.25) is 9.59 Å². The highest BCUT2D eigenvalue weighted by Crippen LogP contribution is 2.27. The van der Waals surface area contributed by atoms with Crippen LogP contribution in [0.25, 0.3) is 0 Å². The summed E-state index contributed by atoms with van der Waals surface area (Å²) in [4.78, 5) is 35.5. The average Bonchev–Trinajstić information content (AvgIpc) is 2.94. The number of thiophene rings is 1. The third-order valence-electron chi connectivity index (χ3n) is 3.37. The molecule has 0 spiro atoms. The van der Waals surface area contributed by atoms with E-state index in [2.05, 4.69) is 10.6 Å². The number of ether oxygens (including phenoxy) is 1. The van der Waals surface area contributed by atoms with Crippen molar-refractivity contribution in [3.8, 4) is 0 Å². The molecule has 2 aromatic rings. The van der Waals surface area contributed by atoms with Crippen LogP contribution in [0.5, 0.6) is 0 Å². The van der Waals surface area contributed by atoms with Crippen molar-refractivity contribution >= 4 is 34.1 Å². The van der Waals surface area contributed by atoms with Gasteiger partial charge in [0.15, 0.2) is 0 Å². The third-order valence-corrected chi connectivity index (χ3v) is 4.51. The van der Waals surface area contributed by atoms with Gasteiger partial charge in [-0.1, -0.05) is 12.1 Å². The van der Waals surface area contributed by atoms with Gasteiger partial charge in [0.1, 0.15) is 4.88 Å². The van der Waals surface area contributed by atoms with E-state index in [0.29, 0.717) is 28.6 Å². The summed E-state index contributed by atoms with van der Waals surface area (Å²) < 4.78 is 4.99. The number of nitrogens with one attached hydrogen (secondary N) is 2. The van der Waals surface area contributed by atoms with Gasteiger partial charge < -0.3 is 15.4 Å². The van der Waals surface area contributed by atoms with E-state index in [-0.39, 0.29) is 17.8 Å². The van der Waals surface area contributed by atoms with E-state index in [1.807, 2.05) is 0 Å². The number of benzene rings is 1. The molecule has 0 unspecified atom stereocenters. The molecule has 2 rings (SSSR count). The Labute approximate surface area is 150 Å². The summed E-state index contributed by atoms with van der Waals surface area (Å²) in [7, 11) is 0. The number of hydrogen-bond donors (Lipinski definition) is 2. The Balaban J connectivity index is 2.03. The molecule has 7 heteroatoms. The number of hydrogen-bond acceptors (Lipinski definition) is 5. The highest BCUT2D eigenvalue weighted by atomic mass is 32.1. The normalized spacial score (nSPS) is 10.2. The van der Waals surface area contributed by atoms with Crippen molar-refractivity contribution in [1.82, 2.24) is 5.32 Å². The van der Waals surface area contributed by atoms with Gasteiger partial charge in [0.05, 0.1) is 11.6 Å². The minimum atomic E-state index is -0.382. The largest absolute Gasteiger partial charge is 0.462 e. The summed E-state index contributed by atoms with van der Waals surface area (Å²) in [6.07, 6.45) is 0. The quantitative estimate of drug-likeness (QED) is 0.775. The second-order valence-electron chi connectivity index (χ2n) is 5.40. The van der Waals surface area contributed by atoms with Gasteiger partial charge in [-0.25, -0.2) is 4.79 Å². The molecule has 0 saturated heterocycles. The smallest absolute Gasteiger partial charge is 0.348 e. The van der Waals surface area contributed by atoms with Crippen molar-refractivity contribution in [3.05, 3.63) is 51.9 Å². The van der Waals surface area contributed by atoms with E-state index >= 15 is 0 Å². The van der Waals surface area contributed by atoms with Crippen molar-refractivity contribution in [2.45, 2.75) is 27.3 Å². The van der Waals surface area contributed by atoms with Gasteiger partial charge >= 0.3 is 5.97 Å². The van der Waals surface area contributed by atoms with Gasteiger partial charge in [0, 0.05) is 19.0 Å². The van der Waals surface area contributed by atoms with Crippen LogP contribution in [0.2, 0.25) is 0 Å². The Kier molecular flexibility index (Phi) is 6.30. The molecule has 0 bridgehead atoms. The molecule has 0 saturated carbocycles. The van der Waals surface area contributed by atoms with Crippen molar-refractivity contribution in [2.24, 2.45) is 0 Å². The van der Waals surface area contributed by atoms with Crippen LogP contribution >= 0.6 is 11.3 Å². The zero-order valence-corrected chi connectivity index (χ0v) is 15.2. The minimum absolute atomic E-state index is 0.104. The van der Waals surface area contributed by atoms with Crippen LogP contribution in [-0.2, 0) is 16.1 Å². The van der Waals surface area contributed by atoms with Crippen LogP contribution in [0.3, 0.4) is 0 Å². The molecule has 0 fully saturated rings. The zero-order valence-electron chi connectivity index (χ0n) is 14.3. The molecule has 0 aliphatic rings. The first-order chi connectivity index (χ1) is 11.9. The van der Waals surface area contributed by atoms with Gasteiger partial charge in [-0.05, 0) is 43.2 Å². The molecule has 0 atom stereocenters. The molecular weight excluding hydrogens is 340 g/mol. The summed E-state index contributed by atoms with van der Waals surface area (Å²) in [5, 5.41) is 6.08. The lowest BCUT2D eigenvalue weighted by atomic mass is 10.1. The topological polar surface area (TPSA) is 84.5 Å². The molecule has 2 amide bonds. The Bertz CT molecular complexity index is 781. The standard InChI is InChI=1S/C18H20N2O4S/c1-4-24-18(23)16-11(2)9-15(25-16)20-17(22)14-7-5-13(6-8-14)10-19-12(3)21/h5-9H,4,10H2,1-3H3,(H,19,21)(H,20,22). The van der Waals surface area contributed by atoms with Gasteiger partial charge in [-0.15, -0.1) is 11.3 Å². The second kappa shape index (κ2) is 8.43. The fourth-order valence-electron chi connectivity index (χ4n) is 2.13. The fourth-order valence-corrected chi connectivity index (χ4v) is 3.09. The average molecular weight is 360 g/mol. The molecule has 25 heavy (non-hydrogen) atoms. The van der Waals surface area contributed by atoms with Gasteiger partial charge in [0.2, 0.25) is 5.91 Å². The molecule has 1 aromatic heterocycles. The summed E-state index contributed by atoms with van der Waals surface area (Å²) >= 11 is 1.19. The van der Waals surface area contributed by atoms with Crippen LogP contribution in [0.1, 0.15) is 45.0 Å². The first-order valence-electron chi connectivity index (χ1n) is 7.83. The molecule has 0 radical (unpaired) electrons. The predicted octanol–water partition coefficient (Wildman–Crippen LogP) is 3.12. The molecule has 0 aliphatic heterocycles. The van der Waals surface area contributed by atoms with E-state index in [1.165, 1.54) is 18.3 Å². The molecule has 1 heterocycles. The lowest BCUT2D eigenvalue weighted by Gasteiger charge is -2.05. The fraction of sp³-hybridized carbons (Fsp3) is 0.278. The van der Waals surface area contributed by atoms with Crippen molar-refractivity contribution in [2.75, 3.05) is 11.9 Å². The number of esters is 1. The molecule has 2 N–H and O–H groups in total. The third kappa shape index (κ3) is 5.15.